The Labute approximate surface area is 173 Å². The maximum absolute atomic E-state index is 13.6. The molecule has 1 aromatic carbocycles. The average molecular weight is 411 g/mol. The molecule has 30 heavy (non-hydrogen) atoms. The fourth-order valence-electron chi connectivity index (χ4n) is 4.65. The van der Waals surface area contributed by atoms with Gasteiger partial charge in [0, 0.05) is 17.4 Å². The van der Waals surface area contributed by atoms with Crippen molar-refractivity contribution in [3.8, 4) is 0 Å². The van der Waals surface area contributed by atoms with Crippen LogP contribution in [0.5, 0.6) is 0 Å². The molecule has 2 N–H and O–H groups in total. The molecule has 9 heteroatoms. The van der Waals surface area contributed by atoms with E-state index in [0.717, 1.165) is 21.4 Å². The minimum absolute atomic E-state index is 0.345. The summed E-state index contributed by atoms with van der Waals surface area (Å²) in [6.07, 6.45) is 0.588. The number of carbonyl (C=O) groups excluding carboxylic acids is 4. The highest BCUT2D eigenvalue weighted by Crippen LogP contribution is 2.45. The lowest BCUT2D eigenvalue weighted by molar-refractivity contribution is -0.304. The molecule has 4 amide bonds. The quantitative estimate of drug-likeness (QED) is 0.675. The van der Waals surface area contributed by atoms with Gasteiger partial charge in [-0.05, 0) is 30.9 Å². The lowest BCUT2D eigenvalue weighted by Gasteiger charge is -2.36. The number of imide groups is 1. The van der Waals surface area contributed by atoms with Crippen LogP contribution < -0.4 is 10.4 Å². The lowest BCUT2D eigenvalue weighted by Crippen LogP contribution is -2.54. The Morgan fingerprint density at radius 2 is 1.97 bits per heavy atom. The van der Waals surface area contributed by atoms with Crippen LogP contribution in [0, 0.1) is 5.92 Å². The van der Waals surface area contributed by atoms with Crippen molar-refractivity contribution >= 4 is 34.7 Å². The van der Waals surface area contributed by atoms with Crippen molar-refractivity contribution in [1.29, 1.82) is 0 Å². The molecule has 1 aromatic heterocycles. The number of hydrogen-bond donors (Lipinski definition) is 2. The van der Waals surface area contributed by atoms with Gasteiger partial charge in [0.05, 0.1) is 18.2 Å². The van der Waals surface area contributed by atoms with Crippen molar-refractivity contribution in [3.05, 3.63) is 35.5 Å². The molecule has 2 atom stereocenters. The standard InChI is InChI=1S/C21H24N4O5/c1-11(2)16(18(28)22-10-15(26)27)25-19(29)21(3)17-13(8-9-24(21)20(25)30)12-6-4-5-7-14(12)23-17/h4-7,11,16,23H,8-10H2,1-3H3,(H,22,28)(H,26,27)/p-1/t16-,21+/m0/s1. The first-order valence-corrected chi connectivity index (χ1v) is 9.90. The number of carbonyl (C=O) groups is 4. The summed E-state index contributed by atoms with van der Waals surface area (Å²) in [5.41, 5.74) is 1.28. The Kier molecular flexibility index (Phi) is 4.56. The van der Waals surface area contributed by atoms with E-state index in [1.54, 1.807) is 20.8 Å². The molecular weight excluding hydrogens is 388 g/mol. The number of hydrogen-bond acceptors (Lipinski definition) is 5. The van der Waals surface area contributed by atoms with Gasteiger partial charge in [-0.15, -0.1) is 0 Å². The minimum Gasteiger partial charge on any atom is -0.548 e. The summed E-state index contributed by atoms with van der Waals surface area (Å²) in [5.74, 6) is -3.05. The third-order valence-electron chi connectivity index (χ3n) is 6.08. The number of nitrogens with one attached hydrogen (secondary N) is 2. The SMILES string of the molecule is CC(C)[C@@H](C(=O)NCC(=O)[O-])N1C(=O)N2CCc3c([nH]c4ccccc34)[C@]2(C)C1=O. The molecule has 1 fully saturated rings. The van der Waals surface area contributed by atoms with Gasteiger partial charge in [-0.1, -0.05) is 32.0 Å². The molecule has 2 aliphatic heterocycles. The van der Waals surface area contributed by atoms with Crippen molar-refractivity contribution in [2.75, 3.05) is 13.1 Å². The van der Waals surface area contributed by atoms with E-state index >= 15 is 0 Å². The van der Waals surface area contributed by atoms with E-state index in [1.807, 2.05) is 24.3 Å². The molecule has 0 unspecified atom stereocenters. The molecular formula is C21H23N4O5-. The molecule has 0 saturated carbocycles. The maximum atomic E-state index is 13.6. The highest BCUT2D eigenvalue weighted by molar-refractivity contribution is 6.11. The first-order valence-electron chi connectivity index (χ1n) is 9.90. The number of fused-ring (bicyclic) bond motifs is 5. The summed E-state index contributed by atoms with van der Waals surface area (Å²) >= 11 is 0. The summed E-state index contributed by atoms with van der Waals surface area (Å²) in [6.45, 7) is 4.76. The van der Waals surface area contributed by atoms with Crippen molar-refractivity contribution in [1.82, 2.24) is 20.1 Å². The highest BCUT2D eigenvalue weighted by Gasteiger charge is 2.61. The van der Waals surface area contributed by atoms with Gasteiger partial charge in [-0.3, -0.25) is 9.59 Å². The van der Waals surface area contributed by atoms with Crippen molar-refractivity contribution < 1.29 is 24.3 Å². The molecule has 3 heterocycles. The molecule has 2 aromatic rings. The van der Waals surface area contributed by atoms with E-state index in [-0.39, 0.29) is 0 Å². The zero-order valence-electron chi connectivity index (χ0n) is 17.0. The third-order valence-corrected chi connectivity index (χ3v) is 6.08. The van der Waals surface area contributed by atoms with Crippen LogP contribution >= 0.6 is 0 Å². The number of amides is 4. The van der Waals surface area contributed by atoms with Crippen molar-refractivity contribution in [2.45, 2.75) is 38.8 Å². The number of carboxylic acids is 1. The van der Waals surface area contributed by atoms with Crippen LogP contribution in [0.25, 0.3) is 10.9 Å². The average Bonchev–Trinajstić information content (AvgIpc) is 3.16. The molecule has 0 radical (unpaired) electrons. The zero-order valence-corrected chi connectivity index (χ0v) is 17.0. The summed E-state index contributed by atoms with van der Waals surface area (Å²) in [5, 5.41) is 14.0. The molecule has 0 spiro atoms. The molecule has 4 rings (SSSR count). The number of H-pyrrole nitrogens is 1. The predicted octanol–water partition coefficient (Wildman–Crippen LogP) is 0.0941. The van der Waals surface area contributed by atoms with Crippen molar-refractivity contribution in [3.63, 3.8) is 0 Å². The van der Waals surface area contributed by atoms with Crippen LogP contribution in [-0.2, 0) is 26.3 Å². The van der Waals surface area contributed by atoms with Gasteiger partial charge >= 0.3 is 6.03 Å². The smallest absolute Gasteiger partial charge is 0.328 e. The molecule has 158 valence electrons. The Hall–Kier alpha value is -3.36. The number of nitrogens with zero attached hydrogens (tertiary/aromatic N) is 2. The van der Waals surface area contributed by atoms with Crippen LogP contribution in [-0.4, -0.2) is 57.7 Å². The third kappa shape index (κ3) is 2.68. The van der Waals surface area contributed by atoms with Crippen LogP contribution in [0.15, 0.2) is 24.3 Å². The van der Waals surface area contributed by atoms with E-state index in [9.17, 15) is 24.3 Å². The van der Waals surface area contributed by atoms with Gasteiger partial charge in [0.2, 0.25) is 5.91 Å². The summed E-state index contributed by atoms with van der Waals surface area (Å²) in [4.78, 5) is 56.1. The maximum Gasteiger partial charge on any atom is 0.328 e. The number of aromatic nitrogens is 1. The molecule has 1 saturated heterocycles. The fourth-order valence-corrected chi connectivity index (χ4v) is 4.65. The highest BCUT2D eigenvalue weighted by atomic mass is 16.4. The lowest BCUT2D eigenvalue weighted by atomic mass is 9.86. The summed E-state index contributed by atoms with van der Waals surface area (Å²) in [6, 6.07) is 6.05. The number of urea groups is 1. The number of aromatic amines is 1. The number of benzene rings is 1. The van der Waals surface area contributed by atoms with E-state index in [4.69, 9.17) is 0 Å². The second-order valence-electron chi connectivity index (χ2n) is 8.23. The number of rotatable bonds is 5. The van der Waals surface area contributed by atoms with Gasteiger partial charge in [-0.2, -0.15) is 0 Å². The Balaban J connectivity index is 1.77. The van der Waals surface area contributed by atoms with Gasteiger partial charge in [-0.25, -0.2) is 9.69 Å². The van der Waals surface area contributed by atoms with E-state index < -0.39 is 47.9 Å². The molecule has 0 aliphatic carbocycles. The minimum atomic E-state index is -1.45. The number of carboxylic acid groups (broad SMARTS) is 1. The van der Waals surface area contributed by atoms with E-state index in [1.165, 1.54) is 4.90 Å². The van der Waals surface area contributed by atoms with E-state index in [2.05, 4.69) is 10.3 Å². The first-order chi connectivity index (χ1) is 14.2. The predicted molar refractivity (Wildman–Crippen MR) is 105 cm³/mol. The second kappa shape index (κ2) is 6.86. The normalized spacial score (nSPS) is 21.7. The van der Waals surface area contributed by atoms with Gasteiger partial charge < -0.3 is 25.1 Å². The zero-order chi connectivity index (χ0) is 21.8. The summed E-state index contributed by atoms with van der Waals surface area (Å²) < 4.78 is 0. The summed E-state index contributed by atoms with van der Waals surface area (Å²) in [7, 11) is 0. The molecule has 2 aliphatic rings. The molecule has 9 nitrogen and oxygen atoms in total. The van der Waals surface area contributed by atoms with Crippen molar-refractivity contribution in [2.24, 2.45) is 5.92 Å². The number of para-hydroxylation sites is 1. The van der Waals surface area contributed by atoms with Gasteiger partial charge in [0.15, 0.2) is 5.54 Å². The Morgan fingerprint density at radius 3 is 2.63 bits per heavy atom. The van der Waals surface area contributed by atoms with Crippen LogP contribution in [0.3, 0.4) is 0 Å². The van der Waals surface area contributed by atoms with Gasteiger partial charge in [0.1, 0.15) is 6.04 Å². The van der Waals surface area contributed by atoms with Crippen LogP contribution in [0.2, 0.25) is 0 Å². The second-order valence-corrected chi connectivity index (χ2v) is 8.23. The number of aliphatic carboxylic acids is 1. The largest absolute Gasteiger partial charge is 0.548 e. The topological polar surface area (TPSA) is 126 Å². The monoisotopic (exact) mass is 411 g/mol. The van der Waals surface area contributed by atoms with Crippen LogP contribution in [0.4, 0.5) is 4.79 Å². The van der Waals surface area contributed by atoms with Crippen LogP contribution in [0.1, 0.15) is 32.0 Å². The van der Waals surface area contributed by atoms with Gasteiger partial charge in [0.25, 0.3) is 5.91 Å². The Bertz CT molecular complexity index is 1070. The van der Waals surface area contributed by atoms with E-state index in [0.29, 0.717) is 18.7 Å². The Morgan fingerprint density at radius 1 is 1.27 bits per heavy atom. The fraction of sp³-hybridized carbons (Fsp3) is 0.429. The first kappa shape index (κ1) is 19.9. The molecule has 0 bridgehead atoms.